The third-order valence-corrected chi connectivity index (χ3v) is 4.74. The lowest BCUT2D eigenvalue weighted by atomic mass is 10.8. The van der Waals surface area contributed by atoms with Crippen LogP contribution in [0.15, 0.2) is 25.3 Å². The van der Waals surface area contributed by atoms with E-state index in [1.807, 2.05) is 0 Å². The van der Waals surface area contributed by atoms with E-state index in [0.29, 0.717) is 4.13 Å². The van der Waals surface area contributed by atoms with Gasteiger partial charge in [0.15, 0.2) is 0 Å². The maximum atomic E-state index is 11.0. The van der Waals surface area contributed by atoms with Gasteiger partial charge in [-0.15, -0.1) is 17.3 Å². The lowest BCUT2D eigenvalue weighted by Gasteiger charge is -1.99. The normalized spacial score (nSPS) is 12.3. The fraction of sp³-hybridized carbons (Fsp3) is 0.333. The highest BCUT2D eigenvalue weighted by Gasteiger charge is 2.21. The van der Waals surface area contributed by atoms with Crippen molar-refractivity contribution in [3.63, 3.8) is 0 Å². The maximum Gasteiger partial charge on any atom is 0.311 e. The van der Waals surface area contributed by atoms with Gasteiger partial charge in [0.2, 0.25) is 0 Å². The van der Waals surface area contributed by atoms with Crippen molar-refractivity contribution in [3.05, 3.63) is 25.3 Å². The monoisotopic (exact) mass is 226 g/mol. The Hall–Kier alpha value is -0.660. The van der Waals surface area contributed by atoms with Crippen LogP contribution in [0.25, 0.3) is 0 Å². The minimum atomic E-state index is -3.69. The van der Waals surface area contributed by atoms with Crippen LogP contribution in [0.5, 0.6) is 0 Å². The van der Waals surface area contributed by atoms with Gasteiger partial charge in [-0.2, -0.15) is 16.8 Å². The number of nitrogens with two attached hydrogens (primary N) is 1. The highest BCUT2D eigenvalue weighted by Crippen LogP contribution is 1.81. The SMILES string of the molecule is C=CCS(=O)(=O)[NH2+]S(=O)(=O)CC=C. The van der Waals surface area contributed by atoms with E-state index in [9.17, 15) is 16.8 Å². The molecule has 0 aliphatic heterocycles. The van der Waals surface area contributed by atoms with Crippen LogP contribution in [-0.4, -0.2) is 28.3 Å². The van der Waals surface area contributed by atoms with Gasteiger partial charge in [-0.05, 0) is 0 Å². The summed E-state index contributed by atoms with van der Waals surface area (Å²) < 4.78 is 44.3. The molecule has 0 atom stereocenters. The third kappa shape index (κ3) is 5.56. The molecule has 0 rings (SSSR count). The molecule has 0 amide bonds. The molecule has 5 nitrogen and oxygen atoms in total. The van der Waals surface area contributed by atoms with Crippen LogP contribution in [-0.2, 0) is 20.0 Å². The molecule has 0 bridgehead atoms. The number of quaternary nitrogens is 1. The first-order chi connectivity index (χ1) is 5.83. The second-order valence-corrected chi connectivity index (χ2v) is 6.42. The molecule has 0 saturated carbocycles. The molecule has 76 valence electrons. The van der Waals surface area contributed by atoms with Crippen molar-refractivity contribution in [2.75, 3.05) is 11.5 Å². The molecule has 0 aromatic heterocycles. The van der Waals surface area contributed by atoms with Crippen molar-refractivity contribution in [1.29, 1.82) is 0 Å². The van der Waals surface area contributed by atoms with Crippen molar-refractivity contribution in [3.8, 4) is 0 Å². The molecule has 0 aromatic rings. The van der Waals surface area contributed by atoms with E-state index >= 15 is 0 Å². The zero-order valence-electron chi connectivity index (χ0n) is 7.01. The third-order valence-electron chi connectivity index (χ3n) is 0.994. The van der Waals surface area contributed by atoms with Crippen LogP contribution in [0.4, 0.5) is 0 Å². The molecule has 0 heterocycles. The average Bonchev–Trinajstić information content (AvgIpc) is 1.82. The molecule has 0 saturated heterocycles. The Morgan fingerprint density at radius 1 is 0.923 bits per heavy atom. The van der Waals surface area contributed by atoms with E-state index < -0.39 is 20.0 Å². The Labute approximate surface area is 78.3 Å². The summed E-state index contributed by atoms with van der Waals surface area (Å²) in [6.07, 6.45) is 2.27. The van der Waals surface area contributed by atoms with Crippen molar-refractivity contribution in [2.24, 2.45) is 0 Å². The number of rotatable bonds is 6. The van der Waals surface area contributed by atoms with Gasteiger partial charge in [-0.3, -0.25) is 0 Å². The predicted molar refractivity (Wildman–Crippen MR) is 49.9 cm³/mol. The van der Waals surface area contributed by atoms with Crippen LogP contribution in [0.2, 0.25) is 0 Å². The van der Waals surface area contributed by atoms with Crippen molar-refractivity contribution in [2.45, 2.75) is 0 Å². The first-order valence-electron chi connectivity index (χ1n) is 3.35. The van der Waals surface area contributed by atoms with Crippen molar-refractivity contribution >= 4 is 20.0 Å². The van der Waals surface area contributed by atoms with E-state index in [2.05, 4.69) is 13.2 Å². The Morgan fingerprint density at radius 2 is 1.23 bits per heavy atom. The second-order valence-electron chi connectivity index (χ2n) is 2.33. The number of hydrogen-bond acceptors (Lipinski definition) is 4. The van der Waals surface area contributed by atoms with Crippen molar-refractivity contribution < 1.29 is 21.0 Å². The first kappa shape index (κ1) is 12.3. The summed E-state index contributed by atoms with van der Waals surface area (Å²) in [7, 11) is -7.38. The number of sulfonamides is 2. The van der Waals surface area contributed by atoms with Crippen LogP contribution < -0.4 is 4.13 Å². The minimum absolute atomic E-state index is 0.351. The van der Waals surface area contributed by atoms with Gasteiger partial charge in [0.25, 0.3) is 0 Å². The Kier molecular flexibility index (Phi) is 4.31. The van der Waals surface area contributed by atoms with E-state index in [1.54, 1.807) is 0 Å². The molecule has 13 heavy (non-hydrogen) atoms. The average molecular weight is 226 g/mol. The van der Waals surface area contributed by atoms with Gasteiger partial charge < -0.3 is 0 Å². The fourth-order valence-electron chi connectivity index (χ4n) is 0.630. The van der Waals surface area contributed by atoms with Crippen LogP contribution in [0.1, 0.15) is 0 Å². The topological polar surface area (TPSA) is 84.9 Å². The molecular formula is C6H12NO4S2+. The summed E-state index contributed by atoms with van der Waals surface area (Å²) in [5.74, 6) is -0.743. The highest BCUT2D eigenvalue weighted by molar-refractivity contribution is 7.96. The minimum Gasteiger partial charge on any atom is -0.172 e. The largest absolute Gasteiger partial charge is 0.311 e. The van der Waals surface area contributed by atoms with Crippen molar-refractivity contribution in [1.82, 2.24) is 0 Å². The smallest absolute Gasteiger partial charge is 0.172 e. The Morgan fingerprint density at radius 3 is 1.46 bits per heavy atom. The maximum absolute atomic E-state index is 11.0. The fourth-order valence-corrected chi connectivity index (χ4v) is 3.70. The molecule has 0 aliphatic carbocycles. The second kappa shape index (κ2) is 4.54. The summed E-state index contributed by atoms with van der Waals surface area (Å²) in [4.78, 5) is 0. The molecule has 0 radical (unpaired) electrons. The van der Waals surface area contributed by atoms with Crippen LogP contribution in [0, 0.1) is 0 Å². The molecule has 0 unspecified atom stereocenters. The predicted octanol–water partition coefficient (Wildman–Crippen LogP) is -1.42. The molecule has 0 spiro atoms. The lowest BCUT2D eigenvalue weighted by Crippen LogP contribution is -2.91. The van der Waals surface area contributed by atoms with Gasteiger partial charge in [-0.25, -0.2) is 0 Å². The molecule has 2 N–H and O–H groups in total. The summed E-state index contributed by atoms with van der Waals surface area (Å²) >= 11 is 0. The van der Waals surface area contributed by atoms with E-state index in [1.165, 1.54) is 0 Å². The lowest BCUT2D eigenvalue weighted by molar-refractivity contribution is -0.311. The van der Waals surface area contributed by atoms with Gasteiger partial charge in [0.1, 0.15) is 11.5 Å². The zero-order chi connectivity index (χ0) is 10.5. The Balaban J connectivity index is 4.62. The molecule has 0 fully saturated rings. The Bertz CT molecular complexity index is 341. The molecule has 0 aromatic carbocycles. The van der Waals surface area contributed by atoms with Gasteiger partial charge in [0.05, 0.1) is 0 Å². The summed E-state index contributed by atoms with van der Waals surface area (Å²) in [5.41, 5.74) is 0. The number of hydrogen-bond donors (Lipinski definition) is 1. The summed E-state index contributed by atoms with van der Waals surface area (Å²) in [6.45, 7) is 6.42. The van der Waals surface area contributed by atoms with Gasteiger partial charge >= 0.3 is 20.0 Å². The van der Waals surface area contributed by atoms with Crippen LogP contribution in [0.3, 0.4) is 0 Å². The summed E-state index contributed by atoms with van der Waals surface area (Å²) in [6, 6.07) is 0. The standard InChI is InChI=1S/C6H11NO4S2/c1-3-5-12(8,9)7-13(10,11)6-4-2/h3-4,7H,1-2,5-6H2/p+1. The van der Waals surface area contributed by atoms with E-state index in [4.69, 9.17) is 0 Å². The highest BCUT2D eigenvalue weighted by atomic mass is 32.3. The molecule has 7 heteroatoms. The van der Waals surface area contributed by atoms with Crippen LogP contribution >= 0.6 is 0 Å². The molecule has 0 aliphatic rings. The van der Waals surface area contributed by atoms with Gasteiger partial charge in [-0.1, -0.05) is 12.2 Å². The van der Waals surface area contributed by atoms with E-state index in [-0.39, 0.29) is 11.5 Å². The first-order valence-corrected chi connectivity index (χ1v) is 6.78. The quantitative estimate of drug-likeness (QED) is 0.563. The van der Waals surface area contributed by atoms with E-state index in [0.717, 1.165) is 12.2 Å². The molecular weight excluding hydrogens is 214 g/mol. The zero-order valence-corrected chi connectivity index (χ0v) is 8.64. The summed E-state index contributed by atoms with van der Waals surface area (Å²) in [5, 5.41) is 0. The number of primary sulfonamides is 2. The van der Waals surface area contributed by atoms with Gasteiger partial charge in [0, 0.05) is 0 Å².